The first kappa shape index (κ1) is 16.6. The Labute approximate surface area is 143 Å². The number of hydrogen-bond acceptors (Lipinski definition) is 5. The summed E-state index contributed by atoms with van der Waals surface area (Å²) in [7, 11) is 4.71. The number of aryl methyl sites for hydroxylation is 1. The summed E-state index contributed by atoms with van der Waals surface area (Å²) in [5.41, 5.74) is 2.54. The Kier molecular flexibility index (Phi) is 4.47. The van der Waals surface area contributed by atoms with Gasteiger partial charge in [-0.25, -0.2) is 4.79 Å². The number of nitrogens with one attached hydrogen (secondary N) is 1. The van der Waals surface area contributed by atoms with E-state index in [0.717, 1.165) is 5.56 Å². The highest BCUT2D eigenvalue weighted by molar-refractivity contribution is 5.93. The van der Waals surface area contributed by atoms with Crippen molar-refractivity contribution in [2.45, 2.75) is 6.42 Å². The van der Waals surface area contributed by atoms with Crippen molar-refractivity contribution in [1.82, 2.24) is 4.57 Å². The van der Waals surface area contributed by atoms with Crippen LogP contribution in [-0.2, 0) is 18.3 Å². The van der Waals surface area contributed by atoms with Gasteiger partial charge in [-0.1, -0.05) is 6.07 Å². The van der Waals surface area contributed by atoms with E-state index in [2.05, 4.69) is 5.32 Å². The third kappa shape index (κ3) is 3.35. The molecule has 25 heavy (non-hydrogen) atoms. The van der Waals surface area contributed by atoms with Gasteiger partial charge in [-0.05, 0) is 29.8 Å². The van der Waals surface area contributed by atoms with E-state index in [1.807, 2.05) is 0 Å². The summed E-state index contributed by atoms with van der Waals surface area (Å²) in [5.74, 6) is 0.518. The number of hydrogen-bond donors (Lipinski definition) is 1. The van der Waals surface area contributed by atoms with Gasteiger partial charge in [0.1, 0.15) is 0 Å². The molecule has 0 saturated heterocycles. The number of aromatic nitrogens is 1. The predicted molar refractivity (Wildman–Crippen MR) is 93.3 cm³/mol. The van der Waals surface area contributed by atoms with Crippen LogP contribution < -0.4 is 20.5 Å². The summed E-state index contributed by atoms with van der Waals surface area (Å²) in [6, 6.07) is 10.4. The molecule has 0 radical (unpaired) electrons. The van der Waals surface area contributed by atoms with Gasteiger partial charge < -0.3 is 19.2 Å². The molecule has 3 aromatic rings. The summed E-state index contributed by atoms with van der Waals surface area (Å²) in [5, 5.41) is 2.82. The van der Waals surface area contributed by atoms with Gasteiger partial charge in [0.05, 0.1) is 26.2 Å². The zero-order valence-corrected chi connectivity index (χ0v) is 14.2. The Balaban J connectivity index is 1.76. The van der Waals surface area contributed by atoms with Crippen molar-refractivity contribution in [3.63, 3.8) is 0 Å². The molecule has 7 nitrogen and oxygen atoms in total. The van der Waals surface area contributed by atoms with Gasteiger partial charge in [0.15, 0.2) is 17.1 Å². The number of rotatable bonds is 5. The first-order valence-corrected chi connectivity index (χ1v) is 7.62. The normalized spacial score (nSPS) is 10.7. The fourth-order valence-corrected chi connectivity index (χ4v) is 2.59. The van der Waals surface area contributed by atoms with Crippen LogP contribution >= 0.6 is 0 Å². The molecule has 1 aromatic heterocycles. The molecule has 0 spiro atoms. The van der Waals surface area contributed by atoms with Crippen LogP contribution in [0.5, 0.6) is 11.5 Å². The minimum atomic E-state index is -0.429. The lowest BCUT2D eigenvalue weighted by atomic mass is 10.1. The molecule has 0 bridgehead atoms. The second kappa shape index (κ2) is 6.72. The zero-order chi connectivity index (χ0) is 18.0. The Bertz CT molecular complexity index is 987. The number of carbonyl (C=O) groups is 1. The van der Waals surface area contributed by atoms with Crippen LogP contribution in [0, 0.1) is 0 Å². The third-order valence-corrected chi connectivity index (χ3v) is 3.89. The number of ether oxygens (including phenoxy) is 2. The van der Waals surface area contributed by atoms with E-state index >= 15 is 0 Å². The second-order valence-corrected chi connectivity index (χ2v) is 5.52. The molecule has 1 heterocycles. The monoisotopic (exact) mass is 342 g/mol. The fraction of sp³-hybridized carbons (Fsp3) is 0.222. The summed E-state index contributed by atoms with van der Waals surface area (Å²) >= 11 is 0. The van der Waals surface area contributed by atoms with Crippen molar-refractivity contribution in [1.29, 1.82) is 0 Å². The van der Waals surface area contributed by atoms with E-state index in [9.17, 15) is 9.59 Å². The number of benzene rings is 2. The largest absolute Gasteiger partial charge is 0.493 e. The van der Waals surface area contributed by atoms with Crippen molar-refractivity contribution in [2.24, 2.45) is 7.05 Å². The van der Waals surface area contributed by atoms with Gasteiger partial charge in [0, 0.05) is 18.8 Å². The number of carbonyl (C=O) groups excluding carboxylic acids is 1. The van der Waals surface area contributed by atoms with Crippen LogP contribution in [0.15, 0.2) is 45.6 Å². The fourth-order valence-electron chi connectivity index (χ4n) is 2.59. The third-order valence-electron chi connectivity index (χ3n) is 3.89. The van der Waals surface area contributed by atoms with Crippen molar-refractivity contribution < 1.29 is 18.7 Å². The van der Waals surface area contributed by atoms with Crippen LogP contribution in [-0.4, -0.2) is 24.7 Å². The highest BCUT2D eigenvalue weighted by Crippen LogP contribution is 2.29. The average Bonchev–Trinajstić information content (AvgIpc) is 2.89. The maximum atomic E-state index is 12.3. The van der Waals surface area contributed by atoms with E-state index < -0.39 is 5.76 Å². The van der Waals surface area contributed by atoms with Gasteiger partial charge in [-0.2, -0.15) is 0 Å². The summed E-state index contributed by atoms with van der Waals surface area (Å²) in [6.45, 7) is 0. The Morgan fingerprint density at radius 1 is 1.12 bits per heavy atom. The molecule has 0 saturated carbocycles. The summed E-state index contributed by atoms with van der Waals surface area (Å²) in [6.07, 6.45) is 0.170. The highest BCUT2D eigenvalue weighted by atomic mass is 16.5. The SMILES string of the molecule is COc1ccc(NC(=O)Cc2ccc3oc(=O)n(C)c3c2)cc1OC. The lowest BCUT2D eigenvalue weighted by Gasteiger charge is -2.10. The number of nitrogens with zero attached hydrogens (tertiary/aromatic N) is 1. The molecule has 0 fully saturated rings. The standard InChI is InChI=1S/C18H18N2O5/c1-20-13-8-11(4-6-14(13)25-18(20)22)9-17(21)19-12-5-7-15(23-2)16(10-12)24-3/h4-8,10H,9H2,1-3H3,(H,19,21). The summed E-state index contributed by atoms with van der Waals surface area (Å²) < 4.78 is 16.9. The zero-order valence-electron chi connectivity index (χ0n) is 14.2. The number of amides is 1. The van der Waals surface area contributed by atoms with Crippen LogP contribution in [0.2, 0.25) is 0 Å². The van der Waals surface area contributed by atoms with Crippen LogP contribution in [0.3, 0.4) is 0 Å². The van der Waals surface area contributed by atoms with Gasteiger partial charge in [-0.15, -0.1) is 0 Å². The molecular weight excluding hydrogens is 324 g/mol. The molecule has 0 aliphatic carbocycles. The van der Waals surface area contributed by atoms with E-state index in [-0.39, 0.29) is 12.3 Å². The molecule has 1 N–H and O–H groups in total. The van der Waals surface area contributed by atoms with Crippen molar-refractivity contribution in [2.75, 3.05) is 19.5 Å². The Hall–Kier alpha value is -3.22. The molecule has 2 aromatic carbocycles. The second-order valence-electron chi connectivity index (χ2n) is 5.52. The lowest BCUT2D eigenvalue weighted by Crippen LogP contribution is -2.14. The van der Waals surface area contributed by atoms with E-state index in [0.29, 0.717) is 28.3 Å². The molecule has 0 unspecified atom stereocenters. The molecule has 0 aliphatic rings. The van der Waals surface area contributed by atoms with Gasteiger partial charge in [0.25, 0.3) is 0 Å². The van der Waals surface area contributed by atoms with Gasteiger partial charge in [0.2, 0.25) is 5.91 Å². The molecular formula is C18H18N2O5. The van der Waals surface area contributed by atoms with E-state index in [1.165, 1.54) is 11.7 Å². The smallest absolute Gasteiger partial charge is 0.419 e. The summed E-state index contributed by atoms with van der Waals surface area (Å²) in [4.78, 5) is 23.8. The maximum Gasteiger partial charge on any atom is 0.419 e. The Morgan fingerprint density at radius 3 is 2.60 bits per heavy atom. The molecule has 0 aliphatic heterocycles. The van der Waals surface area contributed by atoms with Gasteiger partial charge in [-0.3, -0.25) is 9.36 Å². The maximum absolute atomic E-state index is 12.3. The van der Waals surface area contributed by atoms with Crippen molar-refractivity contribution in [3.8, 4) is 11.5 Å². The van der Waals surface area contributed by atoms with Crippen LogP contribution in [0.1, 0.15) is 5.56 Å². The first-order chi connectivity index (χ1) is 12.0. The van der Waals surface area contributed by atoms with Crippen molar-refractivity contribution >= 4 is 22.7 Å². The van der Waals surface area contributed by atoms with Crippen LogP contribution in [0.25, 0.3) is 11.1 Å². The van der Waals surface area contributed by atoms with Crippen molar-refractivity contribution in [3.05, 3.63) is 52.5 Å². The van der Waals surface area contributed by atoms with Gasteiger partial charge >= 0.3 is 5.76 Å². The number of fused-ring (bicyclic) bond motifs is 1. The lowest BCUT2D eigenvalue weighted by molar-refractivity contribution is -0.115. The molecule has 0 atom stereocenters. The van der Waals surface area contributed by atoms with Crippen LogP contribution in [0.4, 0.5) is 5.69 Å². The average molecular weight is 342 g/mol. The molecule has 1 amide bonds. The number of oxazole rings is 1. The quantitative estimate of drug-likeness (QED) is 0.769. The number of methoxy groups -OCH3 is 2. The first-order valence-electron chi connectivity index (χ1n) is 7.62. The van der Waals surface area contributed by atoms with E-state index in [1.54, 1.807) is 50.6 Å². The molecule has 130 valence electrons. The minimum absolute atomic E-state index is 0.170. The topological polar surface area (TPSA) is 82.7 Å². The molecule has 7 heteroatoms. The minimum Gasteiger partial charge on any atom is -0.493 e. The number of anilines is 1. The predicted octanol–water partition coefficient (Wildman–Crippen LogP) is 2.33. The highest BCUT2D eigenvalue weighted by Gasteiger charge is 2.11. The Morgan fingerprint density at radius 2 is 1.88 bits per heavy atom. The van der Waals surface area contributed by atoms with E-state index in [4.69, 9.17) is 13.9 Å². The molecule has 3 rings (SSSR count).